The quantitative estimate of drug-likeness (QED) is 0.696. The Bertz CT molecular complexity index is 771. The monoisotopic (exact) mass is 414 g/mol. The van der Waals surface area contributed by atoms with Crippen LogP contribution in [0.5, 0.6) is 0 Å². The van der Waals surface area contributed by atoms with E-state index in [1.54, 1.807) is 6.07 Å². The topological polar surface area (TPSA) is 64.7 Å². The minimum absolute atomic E-state index is 0.0216. The Hall–Kier alpha value is -2.38. The first-order chi connectivity index (χ1) is 14.0. The predicted octanol–water partition coefficient (Wildman–Crippen LogP) is 2.44. The molecule has 1 saturated heterocycles. The molecule has 29 heavy (non-hydrogen) atoms. The van der Waals surface area contributed by atoms with Crippen molar-refractivity contribution in [1.82, 2.24) is 15.5 Å². The van der Waals surface area contributed by atoms with Crippen LogP contribution in [0.25, 0.3) is 0 Å². The molecule has 1 aliphatic heterocycles. The molecule has 2 heterocycles. The number of thiophene rings is 1. The van der Waals surface area contributed by atoms with Crippen LogP contribution in [0.4, 0.5) is 5.69 Å². The number of anilines is 1. The van der Waals surface area contributed by atoms with Gasteiger partial charge >= 0.3 is 0 Å². The Labute approximate surface area is 176 Å². The van der Waals surface area contributed by atoms with Crippen LogP contribution < -0.4 is 15.5 Å². The average Bonchev–Trinajstić information content (AvgIpc) is 3.28. The predicted molar refractivity (Wildman–Crippen MR) is 119 cm³/mol. The van der Waals surface area contributed by atoms with Gasteiger partial charge in [-0.25, -0.2) is 0 Å². The van der Waals surface area contributed by atoms with E-state index in [4.69, 9.17) is 0 Å². The molecular formula is C22H30N4O2S. The van der Waals surface area contributed by atoms with Crippen molar-refractivity contribution in [2.45, 2.75) is 19.9 Å². The number of para-hydroxylation sites is 1. The lowest BCUT2D eigenvalue weighted by atomic mass is 10.0. The van der Waals surface area contributed by atoms with Gasteiger partial charge in [0, 0.05) is 45.0 Å². The van der Waals surface area contributed by atoms with Gasteiger partial charge in [-0.2, -0.15) is 0 Å². The minimum Gasteiger partial charge on any atom is -0.369 e. The molecule has 0 bridgehead atoms. The van der Waals surface area contributed by atoms with E-state index >= 15 is 0 Å². The van der Waals surface area contributed by atoms with Crippen LogP contribution in [0, 0.1) is 5.92 Å². The van der Waals surface area contributed by atoms with Gasteiger partial charge in [-0.1, -0.05) is 38.1 Å². The van der Waals surface area contributed by atoms with Crippen molar-refractivity contribution < 1.29 is 9.59 Å². The summed E-state index contributed by atoms with van der Waals surface area (Å²) in [6.45, 7) is 9.23. The molecule has 0 aliphatic carbocycles. The van der Waals surface area contributed by atoms with Crippen molar-refractivity contribution in [3.05, 3.63) is 52.7 Å². The van der Waals surface area contributed by atoms with E-state index in [1.807, 2.05) is 31.4 Å². The summed E-state index contributed by atoms with van der Waals surface area (Å²) in [7, 11) is 0. The number of nitrogens with zero attached hydrogens (tertiary/aromatic N) is 2. The maximum Gasteiger partial charge on any atom is 0.262 e. The first-order valence-electron chi connectivity index (χ1n) is 10.2. The van der Waals surface area contributed by atoms with Gasteiger partial charge in [0.15, 0.2) is 0 Å². The van der Waals surface area contributed by atoms with Gasteiger partial charge in [-0.15, -0.1) is 11.3 Å². The number of carbonyl (C=O) groups excluding carboxylic acids is 2. The third kappa shape index (κ3) is 6.05. The normalized spacial score (nSPS) is 15.9. The smallest absolute Gasteiger partial charge is 0.262 e. The average molecular weight is 415 g/mol. The molecule has 2 aromatic rings. The van der Waals surface area contributed by atoms with Crippen molar-refractivity contribution in [3.8, 4) is 0 Å². The zero-order valence-electron chi connectivity index (χ0n) is 17.1. The van der Waals surface area contributed by atoms with Crippen LogP contribution >= 0.6 is 11.3 Å². The molecule has 3 rings (SSSR count). The highest BCUT2D eigenvalue weighted by Gasteiger charge is 2.25. The fraction of sp³-hybridized carbons (Fsp3) is 0.455. The lowest BCUT2D eigenvalue weighted by Gasteiger charge is -2.36. The van der Waals surface area contributed by atoms with E-state index in [1.165, 1.54) is 17.0 Å². The first kappa shape index (κ1) is 21.3. The van der Waals surface area contributed by atoms with Gasteiger partial charge in [-0.3, -0.25) is 14.5 Å². The molecule has 1 atom stereocenters. The van der Waals surface area contributed by atoms with Crippen LogP contribution in [0.1, 0.15) is 23.5 Å². The van der Waals surface area contributed by atoms with Crippen molar-refractivity contribution in [2.75, 3.05) is 44.2 Å². The summed E-state index contributed by atoms with van der Waals surface area (Å²) in [6.07, 6.45) is 0. The Morgan fingerprint density at radius 3 is 2.38 bits per heavy atom. The van der Waals surface area contributed by atoms with E-state index in [0.29, 0.717) is 11.4 Å². The maximum atomic E-state index is 12.6. The zero-order valence-corrected chi connectivity index (χ0v) is 18.0. The minimum atomic E-state index is -0.528. The van der Waals surface area contributed by atoms with Gasteiger partial charge in [0.2, 0.25) is 5.91 Å². The lowest BCUT2D eigenvalue weighted by molar-refractivity contribution is -0.124. The number of rotatable bonds is 8. The number of hydrogen-bond acceptors (Lipinski definition) is 5. The molecule has 2 amide bonds. The van der Waals surface area contributed by atoms with Gasteiger partial charge in [0.1, 0.15) is 6.04 Å². The van der Waals surface area contributed by atoms with Gasteiger partial charge in [0.05, 0.1) is 4.88 Å². The van der Waals surface area contributed by atoms with Crippen LogP contribution in [-0.2, 0) is 4.79 Å². The van der Waals surface area contributed by atoms with Gasteiger partial charge in [-0.05, 0) is 29.5 Å². The molecule has 1 aromatic carbocycles. The first-order valence-corrected chi connectivity index (χ1v) is 11.1. The number of benzene rings is 1. The molecule has 156 valence electrons. The largest absolute Gasteiger partial charge is 0.369 e. The fourth-order valence-corrected chi connectivity index (χ4v) is 4.10. The zero-order chi connectivity index (χ0) is 20.6. The van der Waals surface area contributed by atoms with Crippen molar-refractivity contribution in [2.24, 2.45) is 5.92 Å². The maximum absolute atomic E-state index is 12.6. The van der Waals surface area contributed by atoms with Crippen molar-refractivity contribution >= 4 is 28.8 Å². The highest BCUT2D eigenvalue weighted by atomic mass is 32.1. The molecule has 2 N–H and O–H groups in total. The highest BCUT2D eigenvalue weighted by Crippen LogP contribution is 2.15. The molecule has 1 aromatic heterocycles. The molecular weight excluding hydrogens is 384 g/mol. The third-order valence-corrected chi connectivity index (χ3v) is 6.07. The standard InChI is InChI=1S/C22H30N4O2S/c1-17(2)20(24-21(27)19-9-6-16-29-19)22(28)23-10-11-25-12-14-26(15-13-25)18-7-4-3-5-8-18/h3-9,16-17,20H,10-15H2,1-2H3,(H,23,28)(H,24,27). The Kier molecular flexibility index (Phi) is 7.66. The second-order valence-electron chi connectivity index (χ2n) is 7.63. The third-order valence-electron chi connectivity index (χ3n) is 5.20. The van der Waals surface area contributed by atoms with Gasteiger partial charge in [0.25, 0.3) is 5.91 Å². The fourth-order valence-electron chi connectivity index (χ4n) is 3.47. The Morgan fingerprint density at radius 2 is 1.76 bits per heavy atom. The van der Waals surface area contributed by atoms with Crippen molar-refractivity contribution in [3.63, 3.8) is 0 Å². The summed E-state index contributed by atoms with van der Waals surface area (Å²) in [4.78, 5) is 30.3. The molecule has 0 radical (unpaired) electrons. The van der Waals surface area contributed by atoms with Gasteiger partial charge < -0.3 is 15.5 Å². The SMILES string of the molecule is CC(C)C(NC(=O)c1cccs1)C(=O)NCCN1CCN(c2ccccc2)CC1. The summed E-state index contributed by atoms with van der Waals surface area (Å²) in [5, 5.41) is 7.73. The van der Waals surface area contributed by atoms with E-state index in [2.05, 4.69) is 44.7 Å². The van der Waals surface area contributed by atoms with Crippen molar-refractivity contribution in [1.29, 1.82) is 0 Å². The van der Waals surface area contributed by atoms with Crippen LogP contribution in [0.3, 0.4) is 0 Å². The Balaban J connectivity index is 1.41. The molecule has 1 unspecified atom stereocenters. The number of nitrogens with one attached hydrogen (secondary N) is 2. The molecule has 1 aliphatic rings. The summed E-state index contributed by atoms with van der Waals surface area (Å²) >= 11 is 1.38. The number of carbonyl (C=O) groups is 2. The van der Waals surface area contributed by atoms with Crippen LogP contribution in [0.15, 0.2) is 47.8 Å². The van der Waals surface area contributed by atoms with E-state index in [9.17, 15) is 9.59 Å². The number of amides is 2. The van der Waals surface area contributed by atoms with E-state index in [-0.39, 0.29) is 17.7 Å². The summed E-state index contributed by atoms with van der Waals surface area (Å²) in [6, 6.07) is 13.5. The second kappa shape index (κ2) is 10.4. The van der Waals surface area contributed by atoms with E-state index in [0.717, 1.165) is 32.7 Å². The summed E-state index contributed by atoms with van der Waals surface area (Å²) < 4.78 is 0. The molecule has 1 fully saturated rings. The molecule has 7 heteroatoms. The summed E-state index contributed by atoms with van der Waals surface area (Å²) in [5.41, 5.74) is 1.27. The number of hydrogen-bond donors (Lipinski definition) is 2. The van der Waals surface area contributed by atoms with E-state index < -0.39 is 6.04 Å². The lowest BCUT2D eigenvalue weighted by Crippen LogP contribution is -2.52. The highest BCUT2D eigenvalue weighted by molar-refractivity contribution is 7.12. The molecule has 0 spiro atoms. The van der Waals surface area contributed by atoms with Crippen LogP contribution in [0.2, 0.25) is 0 Å². The Morgan fingerprint density at radius 1 is 1.03 bits per heavy atom. The number of piperazine rings is 1. The van der Waals surface area contributed by atoms with Crippen LogP contribution in [-0.4, -0.2) is 62.0 Å². The second-order valence-corrected chi connectivity index (χ2v) is 8.58. The molecule has 6 nitrogen and oxygen atoms in total. The molecule has 0 saturated carbocycles. The summed E-state index contributed by atoms with van der Waals surface area (Å²) in [5.74, 6) is -0.285.